The zero-order valence-electron chi connectivity index (χ0n) is 15.2. The number of hydrogen-bond donors (Lipinski definition) is 0. The van der Waals surface area contributed by atoms with E-state index in [1.807, 2.05) is 24.3 Å². The highest BCUT2D eigenvalue weighted by atomic mass is 16.5. The largest absolute Gasteiger partial charge is 0.497 e. The molecule has 0 N–H and O–H groups in total. The Kier molecular flexibility index (Phi) is 4.63. The van der Waals surface area contributed by atoms with Gasteiger partial charge in [-0.3, -0.25) is 4.79 Å². The highest BCUT2D eigenvalue weighted by Crippen LogP contribution is 2.32. The summed E-state index contributed by atoms with van der Waals surface area (Å²) in [6.07, 6.45) is 3.21. The van der Waals surface area contributed by atoms with Crippen molar-refractivity contribution in [3.63, 3.8) is 0 Å². The molecule has 0 spiro atoms. The Hall–Kier alpha value is -2.41. The molecule has 0 aliphatic carbocycles. The van der Waals surface area contributed by atoms with Crippen molar-refractivity contribution in [3.05, 3.63) is 41.5 Å². The molecule has 7 heteroatoms. The van der Waals surface area contributed by atoms with Crippen LogP contribution in [-0.2, 0) is 35.5 Å². The Labute approximate surface area is 152 Å². The summed E-state index contributed by atoms with van der Waals surface area (Å²) in [4.78, 5) is 15.2. The van der Waals surface area contributed by atoms with E-state index in [-0.39, 0.29) is 18.0 Å². The molecular weight excluding hydrogens is 332 g/mol. The van der Waals surface area contributed by atoms with E-state index in [1.165, 1.54) is 0 Å². The lowest BCUT2D eigenvalue weighted by atomic mass is 10.1. The van der Waals surface area contributed by atoms with Crippen LogP contribution in [0, 0.1) is 0 Å². The molecule has 0 saturated carbocycles. The number of ether oxygens (including phenoxy) is 2. The molecule has 1 saturated heterocycles. The van der Waals surface area contributed by atoms with Gasteiger partial charge in [-0.05, 0) is 30.5 Å². The fourth-order valence-electron chi connectivity index (χ4n) is 4.19. The standard InChI is InChI=1S/C19H24N4O3/c1-25-12-18-21-20-17-10-14-6-7-15(11-22(17)18)23(14)19(24)9-13-4-3-5-16(8-13)26-2/h3-5,8,14-15H,6-7,9-12H2,1-2H3. The number of hydrogen-bond acceptors (Lipinski definition) is 5. The van der Waals surface area contributed by atoms with Crippen LogP contribution in [0.4, 0.5) is 0 Å². The molecule has 2 aliphatic heterocycles. The maximum absolute atomic E-state index is 13.1. The van der Waals surface area contributed by atoms with Crippen LogP contribution in [-0.4, -0.2) is 51.9 Å². The van der Waals surface area contributed by atoms with E-state index in [9.17, 15) is 4.79 Å². The van der Waals surface area contributed by atoms with E-state index >= 15 is 0 Å². The molecule has 138 valence electrons. The smallest absolute Gasteiger partial charge is 0.227 e. The molecular formula is C19H24N4O3. The fourth-order valence-corrected chi connectivity index (χ4v) is 4.19. The number of benzene rings is 1. The van der Waals surface area contributed by atoms with Gasteiger partial charge in [0.05, 0.1) is 19.6 Å². The summed E-state index contributed by atoms with van der Waals surface area (Å²) in [6.45, 7) is 1.20. The molecule has 2 aromatic rings. The van der Waals surface area contributed by atoms with Gasteiger partial charge in [-0.1, -0.05) is 12.1 Å². The summed E-state index contributed by atoms with van der Waals surface area (Å²) in [6, 6.07) is 8.14. The van der Waals surface area contributed by atoms with Gasteiger partial charge in [0.15, 0.2) is 5.82 Å². The average Bonchev–Trinajstić information content (AvgIpc) is 3.15. The van der Waals surface area contributed by atoms with E-state index in [2.05, 4.69) is 19.7 Å². The molecule has 1 aromatic carbocycles. The Bertz CT molecular complexity index is 804. The minimum atomic E-state index is 0.178. The zero-order chi connectivity index (χ0) is 18.1. The molecule has 0 radical (unpaired) electrons. The molecule has 1 amide bonds. The van der Waals surface area contributed by atoms with Crippen molar-refractivity contribution in [3.8, 4) is 5.75 Å². The first-order chi connectivity index (χ1) is 12.7. The van der Waals surface area contributed by atoms with Crippen molar-refractivity contribution in [2.24, 2.45) is 0 Å². The third-order valence-corrected chi connectivity index (χ3v) is 5.39. The molecule has 7 nitrogen and oxygen atoms in total. The summed E-state index contributed by atoms with van der Waals surface area (Å²) in [5.41, 5.74) is 0.984. The van der Waals surface area contributed by atoms with Gasteiger partial charge in [0.25, 0.3) is 0 Å². The highest BCUT2D eigenvalue weighted by Gasteiger charge is 2.40. The number of carbonyl (C=O) groups is 1. The first kappa shape index (κ1) is 17.0. The van der Waals surface area contributed by atoms with Crippen LogP contribution in [0.1, 0.15) is 30.1 Å². The average molecular weight is 356 g/mol. The monoisotopic (exact) mass is 356 g/mol. The van der Waals surface area contributed by atoms with Crippen LogP contribution in [0.15, 0.2) is 24.3 Å². The lowest BCUT2D eigenvalue weighted by Gasteiger charge is -2.28. The maximum atomic E-state index is 13.1. The van der Waals surface area contributed by atoms with Gasteiger partial charge in [0, 0.05) is 26.1 Å². The van der Waals surface area contributed by atoms with Crippen molar-refractivity contribution in [2.45, 2.75) is 50.9 Å². The van der Waals surface area contributed by atoms with Crippen molar-refractivity contribution in [1.29, 1.82) is 0 Å². The molecule has 26 heavy (non-hydrogen) atoms. The van der Waals surface area contributed by atoms with E-state index in [0.29, 0.717) is 13.0 Å². The minimum absolute atomic E-state index is 0.178. The Morgan fingerprint density at radius 2 is 2.08 bits per heavy atom. The van der Waals surface area contributed by atoms with E-state index in [1.54, 1.807) is 14.2 Å². The lowest BCUT2D eigenvalue weighted by molar-refractivity contribution is -0.133. The maximum Gasteiger partial charge on any atom is 0.227 e. The lowest BCUT2D eigenvalue weighted by Crippen LogP contribution is -2.43. The summed E-state index contributed by atoms with van der Waals surface area (Å²) in [7, 11) is 3.30. The van der Waals surface area contributed by atoms with Crippen LogP contribution in [0.3, 0.4) is 0 Å². The normalized spacial score (nSPS) is 21.4. The SMILES string of the molecule is COCc1nnc2n1CC1CCC(C2)N1C(=O)Cc1cccc(OC)c1. The molecule has 3 heterocycles. The van der Waals surface area contributed by atoms with Gasteiger partial charge < -0.3 is 18.9 Å². The van der Waals surface area contributed by atoms with Gasteiger partial charge in [-0.25, -0.2) is 0 Å². The molecule has 1 fully saturated rings. The second kappa shape index (κ2) is 7.07. The minimum Gasteiger partial charge on any atom is -0.497 e. The molecule has 2 atom stereocenters. The first-order valence-electron chi connectivity index (χ1n) is 9.03. The molecule has 2 aliphatic rings. The number of aromatic nitrogens is 3. The van der Waals surface area contributed by atoms with Gasteiger partial charge >= 0.3 is 0 Å². The first-order valence-corrected chi connectivity index (χ1v) is 9.03. The third kappa shape index (κ3) is 3.07. The van der Waals surface area contributed by atoms with Crippen LogP contribution in [0.25, 0.3) is 0 Å². The van der Waals surface area contributed by atoms with Crippen LogP contribution < -0.4 is 4.74 Å². The topological polar surface area (TPSA) is 69.5 Å². The predicted octanol–water partition coefficient (Wildman–Crippen LogP) is 1.59. The second-order valence-electron chi connectivity index (χ2n) is 6.99. The summed E-state index contributed by atoms with van der Waals surface area (Å²) < 4.78 is 12.6. The number of nitrogens with zero attached hydrogens (tertiary/aromatic N) is 4. The van der Waals surface area contributed by atoms with Crippen LogP contribution in [0.5, 0.6) is 5.75 Å². The Morgan fingerprint density at radius 3 is 2.88 bits per heavy atom. The van der Waals surface area contributed by atoms with E-state index < -0.39 is 0 Å². The quantitative estimate of drug-likeness (QED) is 0.814. The van der Waals surface area contributed by atoms with Crippen molar-refractivity contribution in [1.82, 2.24) is 19.7 Å². The molecule has 1 aromatic heterocycles. The number of methoxy groups -OCH3 is 2. The Balaban J connectivity index is 1.53. The Morgan fingerprint density at radius 1 is 1.23 bits per heavy atom. The van der Waals surface area contributed by atoms with Crippen molar-refractivity contribution >= 4 is 5.91 Å². The van der Waals surface area contributed by atoms with Crippen molar-refractivity contribution in [2.75, 3.05) is 14.2 Å². The summed E-state index contributed by atoms with van der Waals surface area (Å²) in [5, 5.41) is 8.59. The number of fused-ring (bicyclic) bond motifs is 3. The molecule has 2 unspecified atom stereocenters. The zero-order valence-corrected chi connectivity index (χ0v) is 15.2. The van der Waals surface area contributed by atoms with Gasteiger partial charge in [0.1, 0.15) is 18.2 Å². The molecule has 2 bridgehead atoms. The molecule has 4 rings (SSSR count). The van der Waals surface area contributed by atoms with E-state index in [0.717, 1.165) is 48.8 Å². The van der Waals surface area contributed by atoms with Gasteiger partial charge in [-0.2, -0.15) is 0 Å². The number of rotatable bonds is 5. The highest BCUT2D eigenvalue weighted by molar-refractivity contribution is 5.80. The van der Waals surface area contributed by atoms with Gasteiger partial charge in [0.2, 0.25) is 5.91 Å². The third-order valence-electron chi connectivity index (χ3n) is 5.39. The summed E-state index contributed by atoms with van der Waals surface area (Å²) in [5.74, 6) is 2.76. The predicted molar refractivity (Wildman–Crippen MR) is 94.8 cm³/mol. The summed E-state index contributed by atoms with van der Waals surface area (Å²) >= 11 is 0. The number of carbonyl (C=O) groups excluding carboxylic acids is 1. The fraction of sp³-hybridized carbons (Fsp3) is 0.526. The van der Waals surface area contributed by atoms with Crippen LogP contribution >= 0.6 is 0 Å². The van der Waals surface area contributed by atoms with Gasteiger partial charge in [-0.15, -0.1) is 10.2 Å². The number of amides is 1. The van der Waals surface area contributed by atoms with Crippen molar-refractivity contribution < 1.29 is 14.3 Å². The second-order valence-corrected chi connectivity index (χ2v) is 6.99. The van der Waals surface area contributed by atoms with E-state index in [4.69, 9.17) is 9.47 Å². The van der Waals surface area contributed by atoms with Crippen LogP contribution in [0.2, 0.25) is 0 Å².